The molecule has 1 N–H and O–H groups in total. The van der Waals surface area contributed by atoms with Crippen molar-refractivity contribution in [3.05, 3.63) is 28.3 Å². The average molecular weight is 220 g/mol. The van der Waals surface area contributed by atoms with Crippen LogP contribution < -0.4 is 5.56 Å². The number of hydrogen-bond donors (Lipinski definition) is 1. The molecular weight excluding hydrogens is 212 g/mol. The Kier molecular flexibility index (Phi) is 1.68. The second kappa shape index (κ2) is 2.94. The summed E-state index contributed by atoms with van der Waals surface area (Å²) in [5, 5.41) is 12.7. The van der Waals surface area contributed by atoms with E-state index in [4.69, 9.17) is 9.63 Å². The largest absolute Gasteiger partial charge is 0.477 e. The van der Waals surface area contributed by atoms with Gasteiger partial charge in [0.2, 0.25) is 0 Å². The number of hydrogen-bond acceptors (Lipinski definition) is 4. The fourth-order valence-corrected chi connectivity index (χ4v) is 1.76. The summed E-state index contributed by atoms with van der Waals surface area (Å²) in [5.41, 5.74) is -0.197. The van der Waals surface area contributed by atoms with Gasteiger partial charge in [0.1, 0.15) is 10.9 Å². The number of fused-ring (bicyclic) bond motifs is 1. The number of nitrogens with zero attached hydrogens (tertiary/aromatic N) is 2. The van der Waals surface area contributed by atoms with Crippen LogP contribution in [0.1, 0.15) is 29.2 Å². The lowest BCUT2D eigenvalue weighted by molar-refractivity contribution is 0.0696. The summed E-state index contributed by atoms with van der Waals surface area (Å²) in [7, 11) is 0. The fourth-order valence-electron chi connectivity index (χ4n) is 1.76. The lowest BCUT2D eigenvalue weighted by Gasteiger charge is -2.04. The maximum absolute atomic E-state index is 11.9. The Balaban J connectivity index is 2.40. The highest BCUT2D eigenvalue weighted by molar-refractivity contribution is 5.99. The Hall–Kier alpha value is -2.11. The minimum absolute atomic E-state index is 0.0148. The van der Waals surface area contributed by atoms with Gasteiger partial charge in [-0.2, -0.15) is 0 Å². The molecule has 16 heavy (non-hydrogen) atoms. The topological polar surface area (TPSA) is 85.3 Å². The first kappa shape index (κ1) is 9.14. The molecule has 6 heteroatoms. The van der Waals surface area contributed by atoms with Crippen molar-refractivity contribution in [2.24, 2.45) is 0 Å². The Morgan fingerprint density at radius 1 is 1.56 bits per heavy atom. The van der Waals surface area contributed by atoms with Crippen LogP contribution in [0.4, 0.5) is 0 Å². The van der Waals surface area contributed by atoms with Crippen LogP contribution in [0.3, 0.4) is 0 Å². The Morgan fingerprint density at radius 2 is 2.31 bits per heavy atom. The van der Waals surface area contributed by atoms with Gasteiger partial charge in [0.25, 0.3) is 5.56 Å². The molecule has 2 aromatic rings. The minimum Gasteiger partial charge on any atom is -0.477 e. The standard InChI is InChI=1S/C10H8N2O4/c13-9-6-3-11-16-8(6)7(10(14)15)4-12(9)5-1-2-5/h3-5H,1-2H2,(H,14,15). The van der Waals surface area contributed by atoms with Crippen LogP contribution in [0.2, 0.25) is 0 Å². The zero-order valence-corrected chi connectivity index (χ0v) is 8.21. The Bertz CT molecular complexity index is 636. The molecule has 0 spiro atoms. The van der Waals surface area contributed by atoms with E-state index in [9.17, 15) is 9.59 Å². The third-order valence-corrected chi connectivity index (χ3v) is 2.72. The first-order valence-corrected chi connectivity index (χ1v) is 4.91. The molecule has 2 heterocycles. The van der Waals surface area contributed by atoms with E-state index >= 15 is 0 Å². The zero-order chi connectivity index (χ0) is 11.3. The summed E-state index contributed by atoms with van der Waals surface area (Å²) in [6.07, 6.45) is 4.43. The number of carbonyl (C=O) groups is 1. The third-order valence-electron chi connectivity index (χ3n) is 2.72. The highest BCUT2D eigenvalue weighted by Crippen LogP contribution is 2.34. The number of pyridine rings is 1. The van der Waals surface area contributed by atoms with E-state index in [1.165, 1.54) is 17.0 Å². The van der Waals surface area contributed by atoms with Crippen LogP contribution in [0.15, 0.2) is 21.7 Å². The maximum Gasteiger partial charge on any atom is 0.341 e. The van der Waals surface area contributed by atoms with E-state index in [-0.39, 0.29) is 28.1 Å². The van der Waals surface area contributed by atoms with Crippen molar-refractivity contribution in [1.29, 1.82) is 0 Å². The van der Waals surface area contributed by atoms with Crippen molar-refractivity contribution in [2.75, 3.05) is 0 Å². The smallest absolute Gasteiger partial charge is 0.341 e. The average Bonchev–Trinajstić information content (AvgIpc) is 2.95. The lowest BCUT2D eigenvalue weighted by Crippen LogP contribution is -2.20. The highest BCUT2D eigenvalue weighted by atomic mass is 16.5. The van der Waals surface area contributed by atoms with E-state index in [1.54, 1.807) is 0 Å². The summed E-state index contributed by atoms with van der Waals surface area (Å²) in [6, 6.07) is 0.130. The van der Waals surface area contributed by atoms with Crippen molar-refractivity contribution in [3.8, 4) is 0 Å². The predicted molar refractivity (Wildman–Crippen MR) is 53.5 cm³/mol. The molecule has 1 aliphatic rings. The quantitative estimate of drug-likeness (QED) is 0.816. The van der Waals surface area contributed by atoms with Gasteiger partial charge in [-0.1, -0.05) is 5.16 Å². The molecular formula is C10H8N2O4. The molecule has 1 fully saturated rings. The molecule has 0 unspecified atom stereocenters. The van der Waals surface area contributed by atoms with E-state index in [0.717, 1.165) is 12.8 Å². The van der Waals surface area contributed by atoms with Crippen molar-refractivity contribution in [1.82, 2.24) is 9.72 Å². The van der Waals surface area contributed by atoms with E-state index in [0.29, 0.717) is 0 Å². The van der Waals surface area contributed by atoms with Gasteiger partial charge >= 0.3 is 5.97 Å². The lowest BCUT2D eigenvalue weighted by atomic mass is 10.2. The van der Waals surface area contributed by atoms with E-state index in [1.807, 2.05) is 0 Å². The van der Waals surface area contributed by atoms with Crippen molar-refractivity contribution >= 4 is 16.9 Å². The van der Waals surface area contributed by atoms with Gasteiger partial charge in [-0.3, -0.25) is 4.79 Å². The van der Waals surface area contributed by atoms with Gasteiger partial charge in [-0.15, -0.1) is 0 Å². The molecule has 1 aliphatic carbocycles. The summed E-state index contributed by atoms with van der Waals surface area (Å²) in [4.78, 5) is 22.9. The minimum atomic E-state index is -1.11. The first-order chi connectivity index (χ1) is 7.68. The number of rotatable bonds is 2. The van der Waals surface area contributed by atoms with Gasteiger partial charge in [-0.25, -0.2) is 4.79 Å². The molecule has 6 nitrogen and oxygen atoms in total. The van der Waals surface area contributed by atoms with Gasteiger partial charge in [-0.05, 0) is 12.8 Å². The molecule has 0 aliphatic heterocycles. The van der Waals surface area contributed by atoms with Crippen LogP contribution >= 0.6 is 0 Å². The van der Waals surface area contributed by atoms with Gasteiger partial charge in [0.05, 0.1) is 6.20 Å². The molecule has 0 aromatic carbocycles. The van der Waals surface area contributed by atoms with Crippen LogP contribution in [0.5, 0.6) is 0 Å². The van der Waals surface area contributed by atoms with Gasteiger partial charge in [0.15, 0.2) is 5.58 Å². The van der Waals surface area contributed by atoms with Crippen LogP contribution in [0.25, 0.3) is 11.0 Å². The molecule has 0 radical (unpaired) electrons. The number of aromatic nitrogens is 2. The predicted octanol–water partition coefficient (Wildman–Crippen LogP) is 1.02. The summed E-state index contributed by atoms with van der Waals surface area (Å²) in [5.74, 6) is -1.11. The Labute approximate surface area is 89.1 Å². The second-order valence-corrected chi connectivity index (χ2v) is 3.86. The molecule has 2 aromatic heterocycles. The monoisotopic (exact) mass is 220 g/mol. The first-order valence-electron chi connectivity index (χ1n) is 4.91. The number of aromatic carboxylic acids is 1. The summed E-state index contributed by atoms with van der Waals surface area (Å²) >= 11 is 0. The van der Waals surface area contributed by atoms with Gasteiger partial charge in [0, 0.05) is 12.2 Å². The molecule has 0 atom stereocenters. The summed E-state index contributed by atoms with van der Waals surface area (Å²) in [6.45, 7) is 0. The number of carboxylic acids is 1. The van der Waals surface area contributed by atoms with Crippen molar-refractivity contribution in [3.63, 3.8) is 0 Å². The molecule has 0 saturated heterocycles. The second-order valence-electron chi connectivity index (χ2n) is 3.86. The fraction of sp³-hybridized carbons (Fsp3) is 0.300. The zero-order valence-electron chi connectivity index (χ0n) is 8.21. The van der Waals surface area contributed by atoms with Crippen LogP contribution in [-0.2, 0) is 0 Å². The van der Waals surface area contributed by atoms with Gasteiger partial charge < -0.3 is 14.2 Å². The molecule has 82 valence electrons. The molecule has 1 saturated carbocycles. The normalized spacial score (nSPS) is 15.5. The molecule has 0 bridgehead atoms. The van der Waals surface area contributed by atoms with Crippen LogP contribution in [0, 0.1) is 0 Å². The van der Waals surface area contributed by atoms with Crippen LogP contribution in [-0.4, -0.2) is 20.8 Å². The van der Waals surface area contributed by atoms with E-state index in [2.05, 4.69) is 5.16 Å². The maximum atomic E-state index is 11.9. The third kappa shape index (κ3) is 1.16. The SMILES string of the molecule is O=C(O)c1cn(C2CC2)c(=O)c2cnoc12. The van der Waals surface area contributed by atoms with Crippen molar-refractivity contribution in [2.45, 2.75) is 18.9 Å². The summed E-state index contributed by atoms with van der Waals surface area (Å²) < 4.78 is 6.26. The highest BCUT2D eigenvalue weighted by Gasteiger charge is 2.28. The molecule has 3 rings (SSSR count). The molecule has 0 amide bonds. The van der Waals surface area contributed by atoms with E-state index < -0.39 is 5.97 Å². The van der Waals surface area contributed by atoms with Crippen molar-refractivity contribution < 1.29 is 14.4 Å². The number of carboxylic acid groups (broad SMARTS) is 1. The Morgan fingerprint density at radius 3 is 2.94 bits per heavy atom.